The third kappa shape index (κ3) is 2.89. The smallest absolute Gasteiger partial charge is 0.335 e. The minimum absolute atomic E-state index is 0.241. The highest BCUT2D eigenvalue weighted by Gasteiger charge is 2.27. The van der Waals surface area contributed by atoms with Gasteiger partial charge in [-0.1, -0.05) is 13.8 Å². The van der Waals surface area contributed by atoms with E-state index in [0.717, 1.165) is 23.9 Å². The van der Waals surface area contributed by atoms with Crippen LogP contribution in [0.4, 0.5) is 11.4 Å². The molecule has 20 heavy (non-hydrogen) atoms. The van der Waals surface area contributed by atoms with E-state index in [1.165, 1.54) is 12.8 Å². The first-order valence-corrected chi connectivity index (χ1v) is 7.25. The summed E-state index contributed by atoms with van der Waals surface area (Å²) in [6, 6.07) is 5.48. The topological polar surface area (TPSA) is 66.6 Å². The maximum absolute atomic E-state index is 10.9. The van der Waals surface area contributed by atoms with Crippen LogP contribution < -0.4 is 10.6 Å². The van der Waals surface area contributed by atoms with Crippen LogP contribution in [0.15, 0.2) is 18.2 Å². The molecule has 0 spiro atoms. The van der Waals surface area contributed by atoms with Crippen molar-refractivity contribution in [2.75, 3.05) is 17.7 Å². The standard InChI is InChI=1S/C16H24N2O2/c1-10-4-6-13(8-11(10)2)18(3)15-7-5-12(16(19)20)9-14(15)17/h5,7,9-11,13H,4,6,8,17H2,1-3H3,(H,19,20). The van der Waals surface area contributed by atoms with Crippen LogP contribution in [0, 0.1) is 11.8 Å². The summed E-state index contributed by atoms with van der Waals surface area (Å²) in [6.07, 6.45) is 3.57. The minimum atomic E-state index is -0.939. The summed E-state index contributed by atoms with van der Waals surface area (Å²) in [5.74, 6) is 0.563. The molecule has 1 fully saturated rings. The van der Waals surface area contributed by atoms with Gasteiger partial charge in [0.1, 0.15) is 0 Å². The first-order chi connectivity index (χ1) is 9.40. The highest BCUT2D eigenvalue weighted by atomic mass is 16.4. The van der Waals surface area contributed by atoms with Gasteiger partial charge in [-0.2, -0.15) is 0 Å². The fraction of sp³-hybridized carbons (Fsp3) is 0.562. The lowest BCUT2D eigenvalue weighted by molar-refractivity contribution is 0.0697. The molecule has 0 aliphatic heterocycles. The van der Waals surface area contributed by atoms with Crippen molar-refractivity contribution >= 4 is 17.3 Å². The molecule has 0 heterocycles. The Morgan fingerprint density at radius 1 is 1.30 bits per heavy atom. The summed E-state index contributed by atoms with van der Waals surface area (Å²) in [5, 5.41) is 8.98. The van der Waals surface area contributed by atoms with Crippen molar-refractivity contribution in [3.05, 3.63) is 23.8 Å². The molecule has 0 saturated heterocycles. The predicted molar refractivity (Wildman–Crippen MR) is 82.2 cm³/mol. The molecule has 1 aliphatic rings. The van der Waals surface area contributed by atoms with Crippen molar-refractivity contribution in [1.82, 2.24) is 0 Å². The summed E-state index contributed by atoms with van der Waals surface area (Å²) in [4.78, 5) is 13.2. The van der Waals surface area contributed by atoms with E-state index in [0.29, 0.717) is 11.7 Å². The molecule has 1 saturated carbocycles. The van der Waals surface area contributed by atoms with Gasteiger partial charge in [-0.05, 0) is 49.3 Å². The van der Waals surface area contributed by atoms with E-state index in [4.69, 9.17) is 10.8 Å². The lowest BCUT2D eigenvalue weighted by Gasteiger charge is -2.39. The average Bonchev–Trinajstić information content (AvgIpc) is 2.41. The number of hydrogen-bond acceptors (Lipinski definition) is 3. The molecule has 0 aromatic heterocycles. The van der Waals surface area contributed by atoms with E-state index in [1.54, 1.807) is 12.1 Å². The highest BCUT2D eigenvalue weighted by molar-refractivity contribution is 5.90. The van der Waals surface area contributed by atoms with Crippen molar-refractivity contribution in [3.8, 4) is 0 Å². The van der Waals surface area contributed by atoms with Crippen molar-refractivity contribution in [1.29, 1.82) is 0 Å². The SMILES string of the molecule is CC1CCC(N(C)c2ccc(C(=O)O)cc2N)CC1C. The zero-order valence-electron chi connectivity index (χ0n) is 12.5. The average molecular weight is 276 g/mol. The minimum Gasteiger partial charge on any atom is -0.478 e. The Morgan fingerprint density at radius 3 is 2.55 bits per heavy atom. The predicted octanol–water partition coefficient (Wildman–Crippen LogP) is 3.23. The van der Waals surface area contributed by atoms with Crippen molar-refractivity contribution in [2.45, 2.75) is 39.2 Å². The second kappa shape index (κ2) is 5.73. The Kier molecular flexibility index (Phi) is 4.21. The van der Waals surface area contributed by atoms with Gasteiger partial charge in [0.15, 0.2) is 0 Å². The van der Waals surface area contributed by atoms with E-state index in [-0.39, 0.29) is 5.56 Å². The van der Waals surface area contributed by atoms with Crippen LogP contribution in [0.25, 0.3) is 0 Å². The quantitative estimate of drug-likeness (QED) is 0.832. The Balaban J connectivity index is 2.17. The molecule has 4 nitrogen and oxygen atoms in total. The van der Waals surface area contributed by atoms with Gasteiger partial charge in [0.25, 0.3) is 0 Å². The van der Waals surface area contributed by atoms with E-state index < -0.39 is 5.97 Å². The number of carboxylic acids is 1. The number of nitrogens with two attached hydrogens (primary N) is 1. The number of benzene rings is 1. The zero-order chi connectivity index (χ0) is 14.9. The third-order valence-electron chi connectivity index (χ3n) is 4.77. The highest BCUT2D eigenvalue weighted by Crippen LogP contribution is 2.35. The van der Waals surface area contributed by atoms with E-state index in [1.807, 2.05) is 6.07 Å². The van der Waals surface area contributed by atoms with Crippen LogP contribution in [0.3, 0.4) is 0 Å². The number of rotatable bonds is 3. The van der Waals surface area contributed by atoms with Crippen LogP contribution in [-0.2, 0) is 0 Å². The van der Waals surface area contributed by atoms with E-state index >= 15 is 0 Å². The molecule has 1 aromatic rings. The van der Waals surface area contributed by atoms with Crippen LogP contribution in [0.2, 0.25) is 0 Å². The number of carboxylic acid groups (broad SMARTS) is 1. The number of anilines is 2. The Labute approximate surface area is 120 Å². The van der Waals surface area contributed by atoms with Crippen molar-refractivity contribution in [3.63, 3.8) is 0 Å². The molecular formula is C16H24N2O2. The molecular weight excluding hydrogens is 252 g/mol. The summed E-state index contributed by atoms with van der Waals surface area (Å²) in [6.45, 7) is 4.62. The fourth-order valence-corrected chi connectivity index (χ4v) is 3.08. The second-order valence-electron chi connectivity index (χ2n) is 6.11. The molecule has 2 rings (SSSR count). The molecule has 0 bridgehead atoms. The molecule has 3 N–H and O–H groups in total. The Hall–Kier alpha value is -1.71. The van der Waals surface area contributed by atoms with E-state index in [2.05, 4.69) is 25.8 Å². The first-order valence-electron chi connectivity index (χ1n) is 7.25. The van der Waals surface area contributed by atoms with Crippen LogP contribution >= 0.6 is 0 Å². The van der Waals surface area contributed by atoms with E-state index in [9.17, 15) is 4.79 Å². The van der Waals surface area contributed by atoms with Gasteiger partial charge in [0, 0.05) is 13.1 Å². The number of hydrogen-bond donors (Lipinski definition) is 2. The fourth-order valence-electron chi connectivity index (χ4n) is 3.08. The van der Waals surface area contributed by atoms with Crippen LogP contribution in [0.1, 0.15) is 43.5 Å². The molecule has 110 valence electrons. The molecule has 0 radical (unpaired) electrons. The molecule has 0 amide bonds. The summed E-state index contributed by atoms with van der Waals surface area (Å²) < 4.78 is 0. The number of carbonyl (C=O) groups is 1. The molecule has 3 unspecified atom stereocenters. The maximum Gasteiger partial charge on any atom is 0.335 e. The summed E-state index contributed by atoms with van der Waals surface area (Å²) in [5.41, 5.74) is 7.74. The third-order valence-corrected chi connectivity index (χ3v) is 4.77. The van der Waals surface area contributed by atoms with Gasteiger partial charge in [-0.25, -0.2) is 4.79 Å². The lowest BCUT2D eigenvalue weighted by atomic mass is 9.78. The van der Waals surface area contributed by atoms with Gasteiger partial charge in [0.05, 0.1) is 16.9 Å². The second-order valence-corrected chi connectivity index (χ2v) is 6.11. The van der Waals surface area contributed by atoms with Gasteiger partial charge >= 0.3 is 5.97 Å². The zero-order valence-corrected chi connectivity index (χ0v) is 12.5. The first kappa shape index (κ1) is 14.7. The maximum atomic E-state index is 10.9. The number of nitrogen functional groups attached to an aromatic ring is 1. The van der Waals surface area contributed by atoms with Gasteiger partial charge < -0.3 is 15.7 Å². The van der Waals surface area contributed by atoms with Gasteiger partial charge in [0.2, 0.25) is 0 Å². The lowest BCUT2D eigenvalue weighted by Crippen LogP contribution is -2.38. The Bertz CT molecular complexity index is 501. The van der Waals surface area contributed by atoms with Crippen LogP contribution in [-0.4, -0.2) is 24.2 Å². The number of nitrogens with zero attached hydrogens (tertiary/aromatic N) is 1. The Morgan fingerprint density at radius 2 is 2.00 bits per heavy atom. The summed E-state index contributed by atoms with van der Waals surface area (Å²) in [7, 11) is 2.06. The monoisotopic (exact) mass is 276 g/mol. The largest absolute Gasteiger partial charge is 0.478 e. The molecule has 4 heteroatoms. The molecule has 3 atom stereocenters. The van der Waals surface area contributed by atoms with Gasteiger partial charge in [-0.3, -0.25) is 0 Å². The molecule has 1 aliphatic carbocycles. The van der Waals surface area contributed by atoms with Gasteiger partial charge in [-0.15, -0.1) is 0 Å². The normalized spacial score (nSPS) is 26.2. The molecule has 1 aromatic carbocycles. The van der Waals surface area contributed by atoms with Crippen molar-refractivity contribution in [2.24, 2.45) is 11.8 Å². The van der Waals surface area contributed by atoms with Crippen molar-refractivity contribution < 1.29 is 9.90 Å². The summed E-state index contributed by atoms with van der Waals surface area (Å²) >= 11 is 0. The van der Waals surface area contributed by atoms with Crippen LogP contribution in [0.5, 0.6) is 0 Å². The number of aromatic carboxylic acids is 1.